The van der Waals surface area contributed by atoms with Crippen molar-refractivity contribution in [3.8, 4) is 51.3 Å². The Balaban J connectivity index is 1.38. The standard InChI is InChI=1S/C46H26F3N7/c47-46(48,49)37-12-4-1-9-31(37)36-26-43(56-39-14-6-3-11-33(39)35-18-16-29(24-41(35)56)45-53-21-8-22-54-45)42(25-30(36)27-50)55-38-13-5-2-10-32(38)34-17-15-28(23-40(34)55)44-51-19-7-20-52-44/h1-26H. The number of hydrogen-bond acceptors (Lipinski definition) is 5. The van der Waals surface area contributed by atoms with Crippen LogP contribution in [0.5, 0.6) is 0 Å². The Bertz CT molecular complexity index is 3200. The highest BCUT2D eigenvalue weighted by Gasteiger charge is 2.34. The predicted molar refractivity (Wildman–Crippen MR) is 212 cm³/mol. The van der Waals surface area contributed by atoms with Gasteiger partial charge in [-0.3, -0.25) is 0 Å². The Labute approximate surface area is 317 Å². The molecule has 6 aromatic carbocycles. The summed E-state index contributed by atoms with van der Waals surface area (Å²) in [6, 6.07) is 42.5. The van der Waals surface area contributed by atoms with Gasteiger partial charge in [0.15, 0.2) is 11.6 Å². The van der Waals surface area contributed by atoms with Crippen LogP contribution in [-0.4, -0.2) is 29.1 Å². The molecule has 0 radical (unpaired) electrons. The Kier molecular flexibility index (Phi) is 7.50. The average molecular weight is 734 g/mol. The number of alkyl halides is 3. The first kappa shape index (κ1) is 33.0. The minimum absolute atomic E-state index is 0.0887. The summed E-state index contributed by atoms with van der Waals surface area (Å²) in [5.74, 6) is 1.07. The molecule has 0 aliphatic rings. The van der Waals surface area contributed by atoms with E-state index in [1.807, 2.05) is 84.9 Å². The van der Waals surface area contributed by atoms with Crippen molar-refractivity contribution in [3.63, 3.8) is 0 Å². The fourth-order valence-corrected chi connectivity index (χ4v) is 7.85. The highest BCUT2D eigenvalue weighted by Crippen LogP contribution is 2.44. The maximum absolute atomic E-state index is 14.7. The number of rotatable bonds is 5. The van der Waals surface area contributed by atoms with Gasteiger partial charge in [0, 0.05) is 63.0 Å². The van der Waals surface area contributed by atoms with Crippen molar-refractivity contribution in [1.82, 2.24) is 29.1 Å². The van der Waals surface area contributed by atoms with E-state index in [1.165, 1.54) is 12.1 Å². The molecule has 10 heteroatoms. The van der Waals surface area contributed by atoms with Crippen molar-refractivity contribution in [2.75, 3.05) is 0 Å². The van der Waals surface area contributed by atoms with Crippen LogP contribution in [0.1, 0.15) is 11.1 Å². The van der Waals surface area contributed by atoms with Gasteiger partial charge in [-0.25, -0.2) is 19.9 Å². The van der Waals surface area contributed by atoms with Crippen LogP contribution < -0.4 is 0 Å². The minimum Gasteiger partial charge on any atom is -0.307 e. The molecule has 0 aliphatic heterocycles. The highest BCUT2D eigenvalue weighted by molar-refractivity contribution is 6.12. The van der Waals surface area contributed by atoms with Crippen molar-refractivity contribution in [1.29, 1.82) is 5.26 Å². The molecular formula is C46H26F3N7. The molecule has 0 saturated carbocycles. The van der Waals surface area contributed by atoms with Crippen LogP contribution in [0.4, 0.5) is 13.2 Å². The Morgan fingerprint density at radius 2 is 0.929 bits per heavy atom. The van der Waals surface area contributed by atoms with Crippen molar-refractivity contribution in [2.24, 2.45) is 0 Å². The molecule has 266 valence electrons. The van der Waals surface area contributed by atoms with Crippen LogP contribution in [0, 0.1) is 11.3 Å². The van der Waals surface area contributed by atoms with Gasteiger partial charge < -0.3 is 9.13 Å². The van der Waals surface area contributed by atoms with E-state index in [0.29, 0.717) is 23.0 Å². The van der Waals surface area contributed by atoms with Crippen LogP contribution >= 0.6 is 0 Å². The molecule has 4 heterocycles. The summed E-state index contributed by atoms with van der Waals surface area (Å²) in [7, 11) is 0. The maximum Gasteiger partial charge on any atom is 0.417 e. The zero-order chi connectivity index (χ0) is 38.0. The maximum atomic E-state index is 14.7. The predicted octanol–water partition coefficient (Wildman–Crippen LogP) is 11.4. The summed E-state index contributed by atoms with van der Waals surface area (Å²) in [6.45, 7) is 0. The molecule has 7 nitrogen and oxygen atoms in total. The molecular weight excluding hydrogens is 708 g/mol. The van der Waals surface area contributed by atoms with Gasteiger partial charge >= 0.3 is 6.18 Å². The second-order valence-electron chi connectivity index (χ2n) is 13.4. The number of nitriles is 1. The first-order chi connectivity index (χ1) is 27.4. The first-order valence-electron chi connectivity index (χ1n) is 17.8. The number of fused-ring (bicyclic) bond motifs is 6. The van der Waals surface area contributed by atoms with Crippen molar-refractivity contribution in [3.05, 3.63) is 169 Å². The Hall–Kier alpha value is -7.64. The monoisotopic (exact) mass is 733 g/mol. The second kappa shape index (κ2) is 12.7. The molecule has 0 amide bonds. The quantitative estimate of drug-likeness (QED) is 0.176. The SMILES string of the molecule is N#Cc1cc(-n2c3ccccc3c3ccc(-c4ncccn4)cc32)c(-n2c3ccccc3c3ccc(-c4ncccn4)cc32)cc1-c1ccccc1C(F)(F)F. The molecule has 10 rings (SSSR count). The molecule has 0 aliphatic carbocycles. The van der Waals surface area contributed by atoms with E-state index in [1.54, 1.807) is 55.1 Å². The topological polar surface area (TPSA) is 85.2 Å². The van der Waals surface area contributed by atoms with E-state index in [9.17, 15) is 18.4 Å². The largest absolute Gasteiger partial charge is 0.417 e. The average Bonchev–Trinajstić information content (AvgIpc) is 3.75. The van der Waals surface area contributed by atoms with Crippen molar-refractivity contribution < 1.29 is 13.2 Å². The molecule has 4 aromatic heterocycles. The summed E-state index contributed by atoms with van der Waals surface area (Å²) in [6.07, 6.45) is 2.08. The molecule has 0 N–H and O–H groups in total. The lowest BCUT2D eigenvalue weighted by atomic mass is 9.94. The number of benzene rings is 6. The lowest BCUT2D eigenvalue weighted by molar-refractivity contribution is -0.137. The third-order valence-corrected chi connectivity index (χ3v) is 10.2. The first-order valence-corrected chi connectivity index (χ1v) is 17.8. The van der Waals surface area contributed by atoms with Gasteiger partial charge in [-0.15, -0.1) is 0 Å². The van der Waals surface area contributed by atoms with Crippen molar-refractivity contribution >= 4 is 43.6 Å². The second-order valence-corrected chi connectivity index (χ2v) is 13.4. The summed E-state index contributed by atoms with van der Waals surface area (Å²) in [4.78, 5) is 18.0. The fourth-order valence-electron chi connectivity index (χ4n) is 7.85. The molecule has 0 spiro atoms. The van der Waals surface area contributed by atoms with Crippen LogP contribution in [0.25, 0.3) is 88.9 Å². The van der Waals surface area contributed by atoms with Crippen molar-refractivity contribution in [2.45, 2.75) is 6.18 Å². The Morgan fingerprint density at radius 3 is 1.45 bits per heavy atom. The summed E-state index contributed by atoms with van der Waals surface area (Å²) in [5, 5.41) is 14.5. The minimum atomic E-state index is -4.66. The third-order valence-electron chi connectivity index (χ3n) is 10.2. The zero-order valence-electron chi connectivity index (χ0n) is 29.3. The van der Waals surface area contributed by atoms with Crippen LogP contribution in [0.2, 0.25) is 0 Å². The van der Waals surface area contributed by atoms with E-state index in [0.717, 1.165) is 60.8 Å². The lowest BCUT2D eigenvalue weighted by Crippen LogP contribution is -2.09. The smallest absolute Gasteiger partial charge is 0.307 e. The van der Waals surface area contributed by atoms with E-state index in [2.05, 4.69) is 35.1 Å². The lowest BCUT2D eigenvalue weighted by Gasteiger charge is -2.21. The summed E-state index contributed by atoms with van der Waals surface area (Å²) in [5.41, 5.74) is 5.32. The fraction of sp³-hybridized carbons (Fsp3) is 0.0217. The number of hydrogen-bond donors (Lipinski definition) is 0. The number of nitrogens with zero attached hydrogens (tertiary/aromatic N) is 7. The van der Waals surface area contributed by atoms with Gasteiger partial charge in [-0.05, 0) is 60.2 Å². The van der Waals surface area contributed by atoms with Gasteiger partial charge in [-0.2, -0.15) is 18.4 Å². The van der Waals surface area contributed by atoms with E-state index in [-0.39, 0.29) is 16.7 Å². The van der Waals surface area contributed by atoms with Gasteiger partial charge in [-0.1, -0.05) is 78.9 Å². The van der Waals surface area contributed by atoms with Gasteiger partial charge in [0.2, 0.25) is 0 Å². The van der Waals surface area contributed by atoms with E-state index < -0.39 is 11.7 Å². The highest BCUT2D eigenvalue weighted by atomic mass is 19.4. The van der Waals surface area contributed by atoms with Gasteiger partial charge in [0.25, 0.3) is 0 Å². The molecule has 0 unspecified atom stereocenters. The van der Waals surface area contributed by atoms with E-state index >= 15 is 0 Å². The number of halogens is 3. The molecule has 0 atom stereocenters. The van der Waals surface area contributed by atoms with Gasteiger partial charge in [0.05, 0.1) is 50.6 Å². The molecule has 0 fully saturated rings. The van der Waals surface area contributed by atoms with Crippen LogP contribution in [0.3, 0.4) is 0 Å². The number of para-hydroxylation sites is 2. The van der Waals surface area contributed by atoms with E-state index in [4.69, 9.17) is 0 Å². The van der Waals surface area contributed by atoms with Crippen LogP contribution in [-0.2, 0) is 6.18 Å². The normalized spacial score (nSPS) is 11.8. The molecule has 0 saturated heterocycles. The summed E-state index contributed by atoms with van der Waals surface area (Å²) >= 11 is 0. The molecule has 56 heavy (non-hydrogen) atoms. The Morgan fingerprint density at radius 1 is 0.464 bits per heavy atom. The summed E-state index contributed by atoms with van der Waals surface area (Å²) < 4.78 is 48.2. The molecule has 0 bridgehead atoms. The molecule has 10 aromatic rings. The van der Waals surface area contributed by atoms with Gasteiger partial charge in [0.1, 0.15) is 0 Å². The third kappa shape index (κ3) is 5.21. The zero-order valence-corrected chi connectivity index (χ0v) is 29.3. The van der Waals surface area contributed by atoms with Crippen LogP contribution in [0.15, 0.2) is 158 Å². The number of aromatic nitrogens is 6.